The second kappa shape index (κ2) is 5.31. The summed E-state index contributed by atoms with van der Waals surface area (Å²) in [5.74, 6) is 0.494. The maximum atomic E-state index is 10.9. The molecule has 0 amide bonds. The number of rotatable bonds is 4. The zero-order valence-corrected chi connectivity index (χ0v) is 9.73. The van der Waals surface area contributed by atoms with Gasteiger partial charge in [-0.3, -0.25) is 4.79 Å². The topological polar surface area (TPSA) is 35.5 Å². The molecule has 0 aromatic carbocycles. The molecule has 1 rings (SSSR count). The highest BCUT2D eigenvalue weighted by atomic mass is 16.6. The first kappa shape index (κ1) is 12.2. The molecular formula is C12H20O3. The normalized spacial score (nSPS) is 32.3. The van der Waals surface area contributed by atoms with Crippen molar-refractivity contribution in [3.05, 3.63) is 12.7 Å². The minimum Gasteiger partial charge on any atom is -0.460 e. The van der Waals surface area contributed by atoms with Gasteiger partial charge in [0.2, 0.25) is 0 Å². The first-order chi connectivity index (χ1) is 7.04. The van der Waals surface area contributed by atoms with Gasteiger partial charge in [0.1, 0.15) is 6.10 Å². The van der Waals surface area contributed by atoms with Crippen LogP contribution in [0.5, 0.6) is 0 Å². The van der Waals surface area contributed by atoms with Crippen LogP contribution in [-0.2, 0) is 14.3 Å². The van der Waals surface area contributed by atoms with Crippen LogP contribution in [0.4, 0.5) is 0 Å². The summed E-state index contributed by atoms with van der Waals surface area (Å²) in [5.41, 5.74) is 0. The van der Waals surface area contributed by atoms with E-state index in [1.807, 2.05) is 13.0 Å². The van der Waals surface area contributed by atoms with Gasteiger partial charge in [-0.05, 0) is 19.3 Å². The first-order valence-electron chi connectivity index (χ1n) is 5.46. The summed E-state index contributed by atoms with van der Waals surface area (Å²) in [6.07, 6.45) is 2.97. The van der Waals surface area contributed by atoms with E-state index in [0.717, 1.165) is 6.42 Å². The van der Waals surface area contributed by atoms with Crippen molar-refractivity contribution in [3.8, 4) is 0 Å². The lowest BCUT2D eigenvalue weighted by Crippen LogP contribution is -2.28. The Balaban J connectivity index is 2.55. The SMILES string of the molecule is C=CC(C)CC1C(C)OCC1OC(C)=O. The van der Waals surface area contributed by atoms with E-state index in [4.69, 9.17) is 9.47 Å². The molecule has 0 N–H and O–H groups in total. The lowest BCUT2D eigenvalue weighted by molar-refractivity contribution is -0.148. The zero-order valence-electron chi connectivity index (χ0n) is 9.73. The first-order valence-corrected chi connectivity index (χ1v) is 5.46. The van der Waals surface area contributed by atoms with Crippen LogP contribution in [0.25, 0.3) is 0 Å². The molecule has 15 heavy (non-hydrogen) atoms. The maximum Gasteiger partial charge on any atom is 0.302 e. The van der Waals surface area contributed by atoms with Crippen molar-refractivity contribution >= 4 is 5.97 Å². The lowest BCUT2D eigenvalue weighted by atomic mass is 9.89. The zero-order chi connectivity index (χ0) is 11.4. The van der Waals surface area contributed by atoms with Crippen molar-refractivity contribution in [3.63, 3.8) is 0 Å². The van der Waals surface area contributed by atoms with E-state index in [2.05, 4.69) is 13.5 Å². The molecule has 0 bridgehead atoms. The minimum absolute atomic E-state index is 0.0834. The highest BCUT2D eigenvalue weighted by Gasteiger charge is 2.36. The molecule has 3 nitrogen and oxygen atoms in total. The van der Waals surface area contributed by atoms with E-state index in [1.54, 1.807) is 0 Å². The van der Waals surface area contributed by atoms with E-state index < -0.39 is 0 Å². The van der Waals surface area contributed by atoms with E-state index in [9.17, 15) is 4.79 Å². The predicted octanol–water partition coefficient (Wildman–Crippen LogP) is 2.17. The van der Waals surface area contributed by atoms with Crippen molar-refractivity contribution in [1.82, 2.24) is 0 Å². The van der Waals surface area contributed by atoms with Crippen LogP contribution in [0.1, 0.15) is 27.2 Å². The average molecular weight is 212 g/mol. The molecule has 0 aromatic heterocycles. The number of ether oxygens (including phenoxy) is 2. The van der Waals surface area contributed by atoms with Gasteiger partial charge in [0.15, 0.2) is 0 Å². The Kier molecular flexibility index (Phi) is 4.33. The number of hydrogen-bond acceptors (Lipinski definition) is 3. The van der Waals surface area contributed by atoms with Crippen molar-refractivity contribution in [2.24, 2.45) is 11.8 Å². The van der Waals surface area contributed by atoms with Crippen molar-refractivity contribution in [2.75, 3.05) is 6.61 Å². The molecule has 4 unspecified atom stereocenters. The summed E-state index contributed by atoms with van der Waals surface area (Å²) in [4.78, 5) is 10.9. The Bertz CT molecular complexity index is 237. The summed E-state index contributed by atoms with van der Waals surface area (Å²) in [7, 11) is 0. The Morgan fingerprint density at radius 1 is 1.73 bits per heavy atom. The molecule has 0 aromatic rings. The van der Waals surface area contributed by atoms with Gasteiger partial charge in [-0.15, -0.1) is 6.58 Å². The number of hydrogen-bond donors (Lipinski definition) is 0. The highest BCUT2D eigenvalue weighted by molar-refractivity contribution is 5.66. The molecule has 3 heteroatoms. The number of esters is 1. The Hall–Kier alpha value is -0.830. The Morgan fingerprint density at radius 3 is 2.93 bits per heavy atom. The minimum atomic E-state index is -0.228. The number of allylic oxidation sites excluding steroid dienone is 1. The van der Waals surface area contributed by atoms with Crippen LogP contribution in [0.3, 0.4) is 0 Å². The second-order valence-electron chi connectivity index (χ2n) is 4.30. The predicted molar refractivity (Wildman–Crippen MR) is 58.4 cm³/mol. The fraction of sp³-hybridized carbons (Fsp3) is 0.750. The van der Waals surface area contributed by atoms with Crippen LogP contribution in [0.15, 0.2) is 12.7 Å². The summed E-state index contributed by atoms with van der Waals surface area (Å²) in [6, 6.07) is 0. The molecule has 1 heterocycles. The molecule has 0 aliphatic carbocycles. The largest absolute Gasteiger partial charge is 0.460 e. The smallest absolute Gasteiger partial charge is 0.302 e. The summed E-state index contributed by atoms with van der Waals surface area (Å²) in [5, 5.41) is 0. The highest BCUT2D eigenvalue weighted by Crippen LogP contribution is 2.30. The van der Waals surface area contributed by atoms with Gasteiger partial charge in [-0.25, -0.2) is 0 Å². The average Bonchev–Trinajstić information content (AvgIpc) is 2.49. The fourth-order valence-corrected chi connectivity index (χ4v) is 2.00. The van der Waals surface area contributed by atoms with Crippen LogP contribution >= 0.6 is 0 Å². The summed E-state index contributed by atoms with van der Waals surface area (Å²) >= 11 is 0. The molecular weight excluding hydrogens is 192 g/mol. The third-order valence-electron chi connectivity index (χ3n) is 2.97. The maximum absolute atomic E-state index is 10.9. The molecule has 1 saturated heterocycles. The molecule has 1 aliphatic rings. The van der Waals surface area contributed by atoms with E-state index in [1.165, 1.54) is 6.92 Å². The molecule has 86 valence electrons. The molecule has 0 saturated carbocycles. The van der Waals surface area contributed by atoms with Gasteiger partial charge < -0.3 is 9.47 Å². The number of carbonyl (C=O) groups is 1. The molecule has 0 spiro atoms. The van der Waals surface area contributed by atoms with Gasteiger partial charge in [0.05, 0.1) is 12.7 Å². The third-order valence-corrected chi connectivity index (χ3v) is 2.97. The van der Waals surface area contributed by atoms with Crippen LogP contribution in [0.2, 0.25) is 0 Å². The Morgan fingerprint density at radius 2 is 2.40 bits per heavy atom. The van der Waals surface area contributed by atoms with Gasteiger partial charge in [0.25, 0.3) is 0 Å². The van der Waals surface area contributed by atoms with E-state index in [0.29, 0.717) is 18.4 Å². The third kappa shape index (κ3) is 3.34. The number of carbonyl (C=O) groups excluding carboxylic acids is 1. The van der Waals surface area contributed by atoms with E-state index >= 15 is 0 Å². The monoisotopic (exact) mass is 212 g/mol. The van der Waals surface area contributed by atoms with Gasteiger partial charge in [-0.2, -0.15) is 0 Å². The van der Waals surface area contributed by atoms with Crippen molar-refractivity contribution in [2.45, 2.75) is 39.4 Å². The summed E-state index contributed by atoms with van der Waals surface area (Å²) < 4.78 is 10.8. The van der Waals surface area contributed by atoms with Crippen molar-refractivity contribution < 1.29 is 14.3 Å². The van der Waals surface area contributed by atoms with Crippen molar-refractivity contribution in [1.29, 1.82) is 0 Å². The van der Waals surface area contributed by atoms with Crippen LogP contribution < -0.4 is 0 Å². The fourth-order valence-electron chi connectivity index (χ4n) is 2.00. The van der Waals surface area contributed by atoms with Gasteiger partial charge in [-0.1, -0.05) is 13.0 Å². The molecule has 1 aliphatic heterocycles. The van der Waals surface area contributed by atoms with E-state index in [-0.39, 0.29) is 18.2 Å². The molecule has 4 atom stereocenters. The molecule has 1 fully saturated rings. The Labute approximate surface area is 91.4 Å². The summed E-state index contributed by atoms with van der Waals surface area (Å²) in [6.45, 7) is 9.88. The quantitative estimate of drug-likeness (QED) is 0.529. The van der Waals surface area contributed by atoms with Crippen LogP contribution in [0, 0.1) is 11.8 Å². The van der Waals surface area contributed by atoms with Gasteiger partial charge >= 0.3 is 5.97 Å². The van der Waals surface area contributed by atoms with Crippen LogP contribution in [-0.4, -0.2) is 24.8 Å². The standard InChI is InChI=1S/C12H20O3/c1-5-8(2)6-11-9(3)14-7-12(11)15-10(4)13/h5,8-9,11-12H,1,6-7H2,2-4H3. The second-order valence-corrected chi connectivity index (χ2v) is 4.30. The lowest BCUT2D eigenvalue weighted by Gasteiger charge is -2.22. The van der Waals surface area contributed by atoms with Gasteiger partial charge in [0, 0.05) is 12.8 Å². The molecule has 0 radical (unpaired) electrons.